The Morgan fingerprint density at radius 1 is 1.19 bits per heavy atom. The molecule has 1 aromatic carbocycles. The molecule has 2 aromatic heterocycles. The van der Waals surface area contributed by atoms with Crippen molar-refractivity contribution in [3.63, 3.8) is 0 Å². The molecule has 0 spiro atoms. The van der Waals surface area contributed by atoms with Crippen LogP contribution in [0.5, 0.6) is 0 Å². The molecule has 138 valence electrons. The van der Waals surface area contributed by atoms with Crippen molar-refractivity contribution < 1.29 is 9.18 Å². The lowest BCUT2D eigenvalue weighted by Gasteiger charge is -2.08. The van der Waals surface area contributed by atoms with Gasteiger partial charge in [-0.05, 0) is 31.5 Å². The Morgan fingerprint density at radius 2 is 1.93 bits per heavy atom. The number of carbonyl (C=O) groups is 1. The number of carbonyl (C=O) groups excluding carboxylic acids is 1. The summed E-state index contributed by atoms with van der Waals surface area (Å²) in [6, 6.07) is 9.79. The average Bonchev–Trinajstić information content (AvgIpc) is 2.67. The quantitative estimate of drug-likeness (QED) is 0.702. The number of aromatic amines is 1. The summed E-state index contributed by atoms with van der Waals surface area (Å²) < 4.78 is 13.6. The molecule has 0 aliphatic carbocycles. The van der Waals surface area contributed by atoms with Crippen molar-refractivity contribution in [2.24, 2.45) is 0 Å². The van der Waals surface area contributed by atoms with Crippen LogP contribution in [0.25, 0.3) is 11.4 Å². The van der Waals surface area contributed by atoms with Crippen molar-refractivity contribution in [3.05, 3.63) is 81.8 Å². The van der Waals surface area contributed by atoms with Gasteiger partial charge in [0.05, 0.1) is 0 Å². The highest BCUT2D eigenvalue weighted by Crippen LogP contribution is 2.13. The molecule has 27 heavy (non-hydrogen) atoms. The highest BCUT2D eigenvalue weighted by Gasteiger charge is 2.12. The molecule has 0 saturated carbocycles. The van der Waals surface area contributed by atoms with E-state index in [1.165, 1.54) is 6.07 Å². The third-order valence-electron chi connectivity index (χ3n) is 4.21. The van der Waals surface area contributed by atoms with Crippen molar-refractivity contribution in [1.82, 2.24) is 20.3 Å². The number of pyridine rings is 1. The number of benzene rings is 1. The molecule has 3 aromatic rings. The molecule has 2 heterocycles. The van der Waals surface area contributed by atoms with Gasteiger partial charge in [0.15, 0.2) is 0 Å². The van der Waals surface area contributed by atoms with E-state index in [4.69, 9.17) is 0 Å². The predicted molar refractivity (Wildman–Crippen MR) is 99.4 cm³/mol. The van der Waals surface area contributed by atoms with Crippen LogP contribution in [-0.2, 0) is 17.8 Å². The van der Waals surface area contributed by atoms with Gasteiger partial charge < -0.3 is 10.3 Å². The van der Waals surface area contributed by atoms with E-state index in [-0.39, 0.29) is 36.7 Å². The van der Waals surface area contributed by atoms with Crippen molar-refractivity contribution in [3.8, 4) is 11.4 Å². The number of rotatable bonds is 6. The second-order valence-electron chi connectivity index (χ2n) is 6.08. The fourth-order valence-electron chi connectivity index (χ4n) is 2.71. The monoisotopic (exact) mass is 366 g/mol. The summed E-state index contributed by atoms with van der Waals surface area (Å²) >= 11 is 0. The number of halogens is 1. The van der Waals surface area contributed by atoms with Crippen molar-refractivity contribution in [2.45, 2.75) is 26.3 Å². The fourth-order valence-corrected chi connectivity index (χ4v) is 2.71. The second kappa shape index (κ2) is 8.35. The molecular formula is C20H19FN4O2. The maximum Gasteiger partial charge on any atom is 0.254 e. The van der Waals surface area contributed by atoms with Gasteiger partial charge in [-0.2, -0.15) is 0 Å². The first kappa shape index (κ1) is 18.4. The van der Waals surface area contributed by atoms with E-state index in [0.717, 1.165) is 5.56 Å². The summed E-state index contributed by atoms with van der Waals surface area (Å²) in [4.78, 5) is 35.5. The molecule has 3 rings (SSSR count). The van der Waals surface area contributed by atoms with Crippen LogP contribution in [0, 0.1) is 12.7 Å². The Balaban J connectivity index is 1.63. The standard InChI is InChI=1S/C20H19FN4O2/c1-13-16(20(27)25-19(24-13)14-8-10-22-11-9-14)6-7-18(26)23-12-15-4-2-3-5-17(15)21/h2-5,8-11H,6-7,12H2,1H3,(H,23,26)(H,24,25,27). The van der Waals surface area contributed by atoms with Gasteiger partial charge in [0.1, 0.15) is 11.6 Å². The molecule has 0 aliphatic heterocycles. The average molecular weight is 366 g/mol. The number of nitrogens with one attached hydrogen (secondary N) is 2. The minimum Gasteiger partial charge on any atom is -0.352 e. The molecule has 7 heteroatoms. The van der Waals surface area contributed by atoms with Crippen LogP contribution in [-0.4, -0.2) is 20.9 Å². The molecule has 0 fully saturated rings. The van der Waals surface area contributed by atoms with Gasteiger partial charge in [0, 0.05) is 47.7 Å². The maximum absolute atomic E-state index is 13.6. The summed E-state index contributed by atoms with van der Waals surface area (Å²) in [5.41, 5.74) is 1.96. The fraction of sp³-hybridized carbons (Fsp3) is 0.200. The van der Waals surface area contributed by atoms with E-state index in [9.17, 15) is 14.0 Å². The number of hydrogen-bond donors (Lipinski definition) is 2. The number of amides is 1. The Bertz CT molecular complexity index is 1000. The van der Waals surface area contributed by atoms with Crippen LogP contribution in [0.15, 0.2) is 53.6 Å². The van der Waals surface area contributed by atoms with E-state index >= 15 is 0 Å². The van der Waals surface area contributed by atoms with Crippen molar-refractivity contribution >= 4 is 5.91 Å². The molecule has 0 aliphatic rings. The summed E-state index contributed by atoms with van der Waals surface area (Å²) in [5.74, 6) is -0.149. The van der Waals surface area contributed by atoms with Gasteiger partial charge in [0.25, 0.3) is 5.56 Å². The van der Waals surface area contributed by atoms with Gasteiger partial charge in [-0.3, -0.25) is 14.6 Å². The normalized spacial score (nSPS) is 10.6. The van der Waals surface area contributed by atoms with Crippen LogP contribution in [0.2, 0.25) is 0 Å². The van der Waals surface area contributed by atoms with Crippen LogP contribution >= 0.6 is 0 Å². The Labute approximate surface area is 155 Å². The van der Waals surface area contributed by atoms with Crippen LogP contribution in [0.3, 0.4) is 0 Å². The zero-order valence-corrected chi connectivity index (χ0v) is 14.8. The van der Waals surface area contributed by atoms with Gasteiger partial charge in [-0.1, -0.05) is 18.2 Å². The number of aromatic nitrogens is 3. The SMILES string of the molecule is Cc1nc(-c2ccncc2)[nH]c(=O)c1CCC(=O)NCc1ccccc1F. The molecule has 0 atom stereocenters. The number of aryl methyl sites for hydroxylation is 1. The molecule has 1 amide bonds. The highest BCUT2D eigenvalue weighted by molar-refractivity contribution is 5.76. The van der Waals surface area contributed by atoms with Gasteiger partial charge >= 0.3 is 0 Å². The molecular weight excluding hydrogens is 347 g/mol. The Kier molecular flexibility index (Phi) is 5.71. The van der Waals surface area contributed by atoms with Gasteiger partial charge in [-0.25, -0.2) is 9.37 Å². The summed E-state index contributed by atoms with van der Waals surface area (Å²) in [6.45, 7) is 1.85. The zero-order chi connectivity index (χ0) is 19.2. The number of hydrogen-bond acceptors (Lipinski definition) is 4. The lowest BCUT2D eigenvalue weighted by molar-refractivity contribution is -0.121. The van der Waals surface area contributed by atoms with Crippen LogP contribution < -0.4 is 10.9 Å². The molecule has 0 unspecified atom stereocenters. The second-order valence-corrected chi connectivity index (χ2v) is 6.08. The first-order valence-electron chi connectivity index (χ1n) is 8.55. The van der Waals surface area contributed by atoms with E-state index < -0.39 is 0 Å². The van der Waals surface area contributed by atoms with Gasteiger partial charge in [-0.15, -0.1) is 0 Å². The number of H-pyrrole nitrogens is 1. The van der Waals surface area contributed by atoms with E-state index in [2.05, 4.69) is 20.3 Å². The predicted octanol–water partition coefficient (Wildman–Crippen LogP) is 2.53. The largest absolute Gasteiger partial charge is 0.352 e. The van der Waals surface area contributed by atoms with Gasteiger partial charge in [0.2, 0.25) is 5.91 Å². The Hall–Kier alpha value is -3.35. The highest BCUT2D eigenvalue weighted by atomic mass is 19.1. The minimum atomic E-state index is -0.360. The minimum absolute atomic E-state index is 0.111. The lowest BCUT2D eigenvalue weighted by atomic mass is 10.1. The maximum atomic E-state index is 13.6. The molecule has 0 bridgehead atoms. The van der Waals surface area contributed by atoms with Crippen molar-refractivity contribution in [1.29, 1.82) is 0 Å². The zero-order valence-electron chi connectivity index (χ0n) is 14.8. The topological polar surface area (TPSA) is 87.7 Å². The first-order valence-corrected chi connectivity index (χ1v) is 8.55. The lowest BCUT2D eigenvalue weighted by Crippen LogP contribution is -2.25. The summed E-state index contributed by atoms with van der Waals surface area (Å²) in [6.07, 6.45) is 3.62. The Morgan fingerprint density at radius 3 is 2.63 bits per heavy atom. The smallest absolute Gasteiger partial charge is 0.254 e. The van der Waals surface area contributed by atoms with E-state index in [1.54, 1.807) is 49.6 Å². The van der Waals surface area contributed by atoms with Crippen molar-refractivity contribution in [2.75, 3.05) is 0 Å². The summed E-state index contributed by atoms with van der Waals surface area (Å²) in [5, 5.41) is 2.67. The summed E-state index contributed by atoms with van der Waals surface area (Å²) in [7, 11) is 0. The molecule has 0 radical (unpaired) electrons. The third-order valence-corrected chi connectivity index (χ3v) is 4.21. The molecule has 6 nitrogen and oxygen atoms in total. The van der Waals surface area contributed by atoms with Crippen LogP contribution in [0.1, 0.15) is 23.2 Å². The number of nitrogens with zero attached hydrogens (tertiary/aromatic N) is 2. The van der Waals surface area contributed by atoms with Crippen LogP contribution in [0.4, 0.5) is 4.39 Å². The molecule has 2 N–H and O–H groups in total. The third kappa shape index (κ3) is 4.63. The van der Waals surface area contributed by atoms with E-state index in [1.807, 2.05) is 0 Å². The first-order chi connectivity index (χ1) is 13.0. The van der Waals surface area contributed by atoms with E-state index in [0.29, 0.717) is 22.6 Å². The molecule has 0 saturated heterocycles.